The van der Waals surface area contributed by atoms with E-state index in [0.717, 1.165) is 82.1 Å². The highest BCUT2D eigenvalue weighted by Gasteiger charge is 2.43. The number of hydrogen-bond acceptors (Lipinski definition) is 4. The molecule has 0 saturated heterocycles. The van der Waals surface area contributed by atoms with Crippen LogP contribution in [0.15, 0.2) is 176 Å². The molecule has 0 radical (unpaired) electrons. The number of fused-ring (bicyclic) bond motifs is 4. The van der Waals surface area contributed by atoms with Crippen LogP contribution >= 0.6 is 0 Å². The molecule has 6 nitrogen and oxygen atoms in total. The maximum Gasteiger partial charge on any atom is 0.316 e. The molecule has 0 fully saturated rings. The molecule has 298 valence electrons. The lowest BCUT2D eigenvalue weighted by Crippen LogP contribution is -2.59. The van der Waals surface area contributed by atoms with Crippen LogP contribution in [0.5, 0.6) is 0 Å². The molecule has 0 aliphatic carbocycles. The number of hydrogen-bond donors (Lipinski definition) is 0. The Morgan fingerprint density at radius 1 is 0.426 bits per heavy atom. The molecule has 11 heteroatoms. The van der Waals surface area contributed by atoms with Crippen LogP contribution in [-0.2, 0) is 0 Å². The SMILES string of the molecule is CN(c1cc2c(N(c3ccccc3)c3ccccc3)ccc3c2n1-c1cccc2c1B3c1ccc(N(c3ccccc3)c3ccccc3)c3cc(N(C)C(F)F)n-2c13)C(F)F. The van der Waals surface area contributed by atoms with Gasteiger partial charge in [-0.25, -0.2) is 0 Å². The summed E-state index contributed by atoms with van der Waals surface area (Å²) in [6.45, 7) is -5.95. The van der Waals surface area contributed by atoms with E-state index in [1.807, 2.05) is 161 Å². The summed E-state index contributed by atoms with van der Waals surface area (Å²) in [7, 11) is 2.81. The fourth-order valence-electron chi connectivity index (χ4n) is 9.56. The van der Waals surface area contributed by atoms with Crippen molar-refractivity contribution < 1.29 is 17.6 Å². The molecule has 0 saturated carbocycles. The number of halogens is 4. The Morgan fingerprint density at radius 2 is 0.770 bits per heavy atom. The molecule has 0 bridgehead atoms. The monoisotopic (exact) mass is 808 g/mol. The molecule has 4 heterocycles. The summed E-state index contributed by atoms with van der Waals surface area (Å²) < 4.78 is 63.7. The van der Waals surface area contributed by atoms with Crippen LogP contribution in [0.3, 0.4) is 0 Å². The molecule has 0 atom stereocenters. The molecule has 61 heavy (non-hydrogen) atoms. The van der Waals surface area contributed by atoms with E-state index in [2.05, 4.69) is 34.1 Å². The lowest BCUT2D eigenvalue weighted by molar-refractivity contribution is 0.147. The molecule has 0 spiro atoms. The molecule has 7 aromatic carbocycles. The number of nitrogens with zero attached hydrogens (tertiary/aromatic N) is 6. The van der Waals surface area contributed by atoms with Crippen molar-refractivity contribution in [2.75, 3.05) is 33.7 Å². The minimum atomic E-state index is -2.80. The highest BCUT2D eigenvalue weighted by molar-refractivity contribution is 7.00. The second-order valence-electron chi connectivity index (χ2n) is 15.5. The second-order valence-corrected chi connectivity index (χ2v) is 15.5. The summed E-state index contributed by atoms with van der Waals surface area (Å²) in [5, 5.41) is 1.60. The van der Waals surface area contributed by atoms with Crippen LogP contribution in [0, 0.1) is 0 Å². The largest absolute Gasteiger partial charge is 0.316 e. The number of aromatic nitrogens is 2. The van der Waals surface area contributed by atoms with Crippen molar-refractivity contribution in [3.8, 4) is 11.4 Å². The van der Waals surface area contributed by atoms with Gasteiger partial charge in [0.05, 0.1) is 22.4 Å². The van der Waals surface area contributed by atoms with Gasteiger partial charge in [0.25, 0.3) is 6.71 Å². The van der Waals surface area contributed by atoms with Crippen LogP contribution in [0.4, 0.5) is 63.3 Å². The maximum absolute atomic E-state index is 15.0. The van der Waals surface area contributed by atoms with Gasteiger partial charge in [-0.2, -0.15) is 17.6 Å². The summed E-state index contributed by atoms with van der Waals surface area (Å²) in [6.07, 6.45) is 0. The van der Waals surface area contributed by atoms with Crippen molar-refractivity contribution in [2.24, 2.45) is 0 Å². The highest BCUT2D eigenvalue weighted by Crippen LogP contribution is 2.46. The van der Waals surface area contributed by atoms with Crippen molar-refractivity contribution in [3.05, 3.63) is 176 Å². The first-order valence-electron chi connectivity index (χ1n) is 20.1. The zero-order valence-corrected chi connectivity index (χ0v) is 33.2. The molecular weight excluding hydrogens is 771 g/mol. The predicted octanol–water partition coefficient (Wildman–Crippen LogP) is 11.0. The normalized spacial score (nSPS) is 12.4. The van der Waals surface area contributed by atoms with E-state index < -0.39 is 13.1 Å². The van der Waals surface area contributed by atoms with E-state index in [0.29, 0.717) is 23.0 Å². The van der Waals surface area contributed by atoms with Gasteiger partial charge >= 0.3 is 13.1 Å². The summed E-state index contributed by atoms with van der Waals surface area (Å²) in [4.78, 5) is 6.32. The van der Waals surface area contributed by atoms with Crippen LogP contribution < -0.4 is 36.0 Å². The van der Waals surface area contributed by atoms with Gasteiger partial charge in [0.1, 0.15) is 11.6 Å². The average Bonchev–Trinajstić information content (AvgIpc) is 3.90. The zero-order valence-electron chi connectivity index (χ0n) is 33.2. The third kappa shape index (κ3) is 5.49. The Labute approximate surface area is 350 Å². The molecule has 9 aromatic rings. The quantitative estimate of drug-likeness (QED) is 0.0780. The number of para-hydroxylation sites is 4. The summed E-state index contributed by atoms with van der Waals surface area (Å²) in [6, 6.07) is 58.1. The van der Waals surface area contributed by atoms with Crippen LogP contribution in [0.1, 0.15) is 0 Å². The van der Waals surface area contributed by atoms with Gasteiger partial charge in [0.2, 0.25) is 0 Å². The van der Waals surface area contributed by atoms with E-state index in [9.17, 15) is 17.6 Å². The third-order valence-corrected chi connectivity index (χ3v) is 12.2. The minimum Gasteiger partial charge on any atom is -0.310 e. The van der Waals surface area contributed by atoms with Gasteiger partial charge in [0, 0.05) is 59.0 Å². The summed E-state index contributed by atoms with van der Waals surface area (Å²) in [5.41, 5.74) is 11.1. The first kappa shape index (κ1) is 36.7. The van der Waals surface area contributed by atoms with E-state index in [-0.39, 0.29) is 6.71 Å². The smallest absolute Gasteiger partial charge is 0.310 e. The third-order valence-electron chi connectivity index (χ3n) is 12.2. The van der Waals surface area contributed by atoms with Crippen molar-refractivity contribution in [2.45, 2.75) is 13.1 Å². The first-order chi connectivity index (χ1) is 29.8. The Bertz CT molecular complexity index is 2820. The van der Waals surface area contributed by atoms with Crippen molar-refractivity contribution in [1.29, 1.82) is 0 Å². The van der Waals surface area contributed by atoms with Crippen molar-refractivity contribution >= 4 is 90.7 Å². The van der Waals surface area contributed by atoms with Crippen LogP contribution in [0.2, 0.25) is 0 Å². The molecule has 0 unspecified atom stereocenters. The standard InChI is InChI=1S/C50H37BF4N6/c1-56(49(52)53)44-30-36-40(58(32-16-7-3-8-17-32)33-18-9-4-10-19-33)28-26-38-47(36)60(44)42-24-15-25-43-46(42)51(38)39-27-29-41(37-31-45(57(2)50(54)55)61(43)48(37)39)59(34-20-11-5-12-21-34)35-22-13-6-14-23-35/h3-31,49-50H,1-2H3. The maximum atomic E-state index is 15.0. The number of benzene rings is 7. The minimum absolute atomic E-state index is 0.316. The van der Waals surface area contributed by atoms with E-state index in [1.54, 1.807) is 0 Å². The Balaban J connectivity index is 1.23. The van der Waals surface area contributed by atoms with Gasteiger partial charge < -0.3 is 19.6 Å². The Morgan fingerprint density at radius 3 is 1.10 bits per heavy atom. The Hall–Kier alpha value is -7.40. The molecule has 0 amide bonds. The van der Waals surface area contributed by atoms with Gasteiger partial charge in [-0.3, -0.25) is 9.13 Å². The number of alkyl halides is 4. The molecule has 2 aromatic heterocycles. The van der Waals surface area contributed by atoms with Crippen molar-refractivity contribution in [1.82, 2.24) is 9.13 Å². The molecular formula is C50H37BF4N6. The molecule has 11 rings (SSSR count). The first-order valence-corrected chi connectivity index (χ1v) is 20.1. The Kier molecular flexibility index (Phi) is 8.49. The average molecular weight is 809 g/mol. The highest BCUT2D eigenvalue weighted by atomic mass is 19.3. The van der Waals surface area contributed by atoms with E-state index >= 15 is 0 Å². The van der Waals surface area contributed by atoms with Gasteiger partial charge in [-0.1, -0.05) is 91.0 Å². The zero-order chi connectivity index (χ0) is 41.5. The van der Waals surface area contributed by atoms with Gasteiger partial charge in [0.15, 0.2) is 0 Å². The van der Waals surface area contributed by atoms with E-state index in [4.69, 9.17) is 0 Å². The van der Waals surface area contributed by atoms with Gasteiger partial charge in [-0.05, 0) is 101 Å². The van der Waals surface area contributed by atoms with Crippen molar-refractivity contribution in [3.63, 3.8) is 0 Å². The van der Waals surface area contributed by atoms with Gasteiger partial charge in [-0.15, -0.1) is 0 Å². The molecule has 0 N–H and O–H groups in total. The summed E-state index contributed by atoms with van der Waals surface area (Å²) >= 11 is 0. The molecule has 2 aliphatic rings. The number of rotatable bonds is 10. The second kappa shape index (κ2) is 14.1. The topological polar surface area (TPSA) is 22.8 Å². The predicted molar refractivity (Wildman–Crippen MR) is 243 cm³/mol. The van der Waals surface area contributed by atoms with Crippen LogP contribution in [0.25, 0.3) is 33.2 Å². The number of anilines is 8. The fourth-order valence-corrected chi connectivity index (χ4v) is 9.56. The molecule has 2 aliphatic heterocycles. The lowest BCUT2D eigenvalue weighted by Gasteiger charge is -2.36. The van der Waals surface area contributed by atoms with E-state index in [1.165, 1.54) is 14.1 Å². The lowest BCUT2D eigenvalue weighted by atomic mass is 9.34. The summed E-state index contributed by atoms with van der Waals surface area (Å²) in [5.74, 6) is 0.633. The van der Waals surface area contributed by atoms with Crippen LogP contribution in [-0.4, -0.2) is 43.0 Å². The fraction of sp³-hybridized carbons (Fsp3) is 0.0800.